The van der Waals surface area contributed by atoms with Gasteiger partial charge in [-0.05, 0) is 31.0 Å². The predicted molar refractivity (Wildman–Crippen MR) is 60.6 cm³/mol. The lowest BCUT2D eigenvalue weighted by Crippen LogP contribution is -1.97. The van der Waals surface area contributed by atoms with E-state index in [-0.39, 0.29) is 0 Å². The van der Waals surface area contributed by atoms with Gasteiger partial charge in [0.05, 0.1) is 12.7 Å². The van der Waals surface area contributed by atoms with Crippen molar-refractivity contribution in [1.29, 1.82) is 0 Å². The summed E-state index contributed by atoms with van der Waals surface area (Å²) in [6, 6.07) is 5.66. The van der Waals surface area contributed by atoms with E-state index in [0.717, 1.165) is 15.8 Å². The summed E-state index contributed by atoms with van der Waals surface area (Å²) >= 11 is 3.42. The van der Waals surface area contributed by atoms with Gasteiger partial charge in [0.25, 0.3) is 0 Å². The highest BCUT2D eigenvalue weighted by Crippen LogP contribution is 2.29. The minimum absolute atomic E-state index is 0.403. The van der Waals surface area contributed by atoms with Gasteiger partial charge >= 0.3 is 0 Å². The topological polar surface area (TPSA) is 29.5 Å². The summed E-state index contributed by atoms with van der Waals surface area (Å²) in [4.78, 5) is 0. The van der Waals surface area contributed by atoms with Gasteiger partial charge in [-0.2, -0.15) is 0 Å². The number of halogens is 1. The molecule has 0 bridgehead atoms. The molecule has 1 aromatic rings. The molecule has 1 N–H and O–H groups in total. The van der Waals surface area contributed by atoms with E-state index < -0.39 is 6.10 Å². The van der Waals surface area contributed by atoms with Gasteiger partial charge in [0, 0.05) is 4.47 Å². The number of hydrogen-bond acceptors (Lipinski definition) is 2. The van der Waals surface area contributed by atoms with Crippen LogP contribution in [0.25, 0.3) is 0 Å². The van der Waals surface area contributed by atoms with Crippen molar-refractivity contribution in [2.24, 2.45) is 0 Å². The molecule has 14 heavy (non-hydrogen) atoms. The van der Waals surface area contributed by atoms with Crippen molar-refractivity contribution in [3.63, 3.8) is 0 Å². The second-order valence-electron chi connectivity index (χ2n) is 3.04. The molecule has 0 amide bonds. The maximum Gasteiger partial charge on any atom is 0.120 e. The number of aliphatic hydroxyl groups excluding tert-OH is 1. The largest absolute Gasteiger partial charge is 0.494 e. The normalized spacial score (nSPS) is 12.6. The van der Waals surface area contributed by atoms with Gasteiger partial charge in [-0.25, -0.2) is 0 Å². The van der Waals surface area contributed by atoms with Crippen molar-refractivity contribution in [3.8, 4) is 5.75 Å². The smallest absolute Gasteiger partial charge is 0.120 e. The Kier molecular flexibility index (Phi) is 4.42. The van der Waals surface area contributed by atoms with E-state index in [2.05, 4.69) is 15.9 Å². The first kappa shape index (κ1) is 11.5. The highest BCUT2D eigenvalue weighted by atomic mass is 79.9. The molecule has 0 aliphatic heterocycles. The molecule has 0 saturated carbocycles. The minimum Gasteiger partial charge on any atom is -0.494 e. The molecule has 0 fully saturated rings. The van der Waals surface area contributed by atoms with Crippen LogP contribution in [-0.2, 0) is 0 Å². The predicted octanol–water partition coefficient (Wildman–Crippen LogP) is 3.29. The number of rotatable bonds is 4. The summed E-state index contributed by atoms with van der Waals surface area (Å²) in [7, 11) is 0. The van der Waals surface area contributed by atoms with E-state index in [1.165, 1.54) is 0 Å². The maximum atomic E-state index is 9.66. The van der Waals surface area contributed by atoms with Crippen molar-refractivity contribution in [2.75, 3.05) is 6.61 Å². The third-order valence-electron chi connectivity index (χ3n) is 2.03. The minimum atomic E-state index is -0.403. The molecular formula is C11H15BrO2. The van der Waals surface area contributed by atoms with Crippen molar-refractivity contribution < 1.29 is 9.84 Å². The summed E-state index contributed by atoms with van der Waals surface area (Å²) in [5.41, 5.74) is 0.913. The van der Waals surface area contributed by atoms with Gasteiger partial charge < -0.3 is 9.84 Å². The summed E-state index contributed by atoms with van der Waals surface area (Å²) in [5.74, 6) is 0.825. The number of benzene rings is 1. The molecule has 2 nitrogen and oxygen atoms in total. The highest BCUT2D eigenvalue weighted by Gasteiger charge is 2.09. The number of ether oxygens (including phenoxy) is 1. The first-order chi connectivity index (χ1) is 6.69. The molecule has 0 saturated heterocycles. The molecule has 0 aromatic heterocycles. The Labute approximate surface area is 93.0 Å². The Balaban J connectivity index is 2.89. The zero-order chi connectivity index (χ0) is 10.6. The average molecular weight is 259 g/mol. The van der Waals surface area contributed by atoms with Crippen LogP contribution in [0.3, 0.4) is 0 Å². The van der Waals surface area contributed by atoms with E-state index in [1.807, 2.05) is 32.0 Å². The zero-order valence-electron chi connectivity index (χ0n) is 8.46. The first-order valence-corrected chi connectivity index (χ1v) is 5.58. The molecular weight excluding hydrogens is 244 g/mol. The van der Waals surface area contributed by atoms with Crippen molar-refractivity contribution >= 4 is 15.9 Å². The summed E-state index contributed by atoms with van der Waals surface area (Å²) in [6.07, 6.45) is 0.312. The fourth-order valence-electron chi connectivity index (χ4n) is 1.25. The summed E-state index contributed by atoms with van der Waals surface area (Å²) < 4.78 is 6.24. The molecule has 0 aliphatic rings. The Morgan fingerprint density at radius 2 is 2.14 bits per heavy atom. The third kappa shape index (κ3) is 2.72. The van der Waals surface area contributed by atoms with Gasteiger partial charge in [0.1, 0.15) is 5.75 Å². The van der Waals surface area contributed by atoms with Crippen LogP contribution in [0.15, 0.2) is 22.7 Å². The molecule has 1 atom stereocenters. The zero-order valence-corrected chi connectivity index (χ0v) is 10.0. The lowest BCUT2D eigenvalue weighted by Gasteiger charge is -2.11. The second kappa shape index (κ2) is 5.37. The van der Waals surface area contributed by atoms with Crippen LogP contribution in [0.4, 0.5) is 0 Å². The summed E-state index contributed by atoms with van der Waals surface area (Å²) in [5, 5.41) is 9.66. The van der Waals surface area contributed by atoms with Gasteiger partial charge in [-0.15, -0.1) is 0 Å². The van der Waals surface area contributed by atoms with E-state index in [9.17, 15) is 5.11 Å². The average Bonchev–Trinajstić information content (AvgIpc) is 2.17. The fourth-order valence-corrected chi connectivity index (χ4v) is 1.88. The van der Waals surface area contributed by atoms with Crippen LogP contribution >= 0.6 is 15.9 Å². The number of aliphatic hydroxyl groups is 1. The lowest BCUT2D eigenvalue weighted by atomic mass is 10.1. The van der Waals surface area contributed by atoms with Crippen LogP contribution in [0, 0.1) is 0 Å². The molecule has 0 spiro atoms. The van der Waals surface area contributed by atoms with Crippen molar-refractivity contribution in [2.45, 2.75) is 26.4 Å². The molecule has 1 rings (SSSR count). The Morgan fingerprint density at radius 1 is 1.43 bits per heavy atom. The van der Waals surface area contributed by atoms with Gasteiger partial charge in [0.15, 0.2) is 0 Å². The monoisotopic (exact) mass is 258 g/mol. The van der Waals surface area contributed by atoms with E-state index in [4.69, 9.17) is 4.74 Å². The van der Waals surface area contributed by atoms with E-state index >= 15 is 0 Å². The highest BCUT2D eigenvalue weighted by molar-refractivity contribution is 9.10. The Bertz CT molecular complexity index is 299. The molecule has 3 heteroatoms. The van der Waals surface area contributed by atoms with Crippen molar-refractivity contribution in [3.05, 3.63) is 28.2 Å². The standard InChI is InChI=1S/C11H15BrO2/c1-3-11(13)9-6-5-8(14-4-2)7-10(9)12/h5-7,11,13H,3-4H2,1-2H3. The lowest BCUT2D eigenvalue weighted by molar-refractivity contribution is 0.173. The molecule has 0 heterocycles. The number of hydrogen-bond donors (Lipinski definition) is 1. The van der Waals surface area contributed by atoms with Crippen LogP contribution in [0.1, 0.15) is 31.9 Å². The summed E-state index contributed by atoms with van der Waals surface area (Å²) in [6.45, 7) is 4.55. The Hall–Kier alpha value is -0.540. The Morgan fingerprint density at radius 3 is 2.64 bits per heavy atom. The van der Waals surface area contributed by atoms with Crippen LogP contribution in [0.5, 0.6) is 5.75 Å². The van der Waals surface area contributed by atoms with Crippen LogP contribution < -0.4 is 4.74 Å². The van der Waals surface area contributed by atoms with Crippen LogP contribution in [0.2, 0.25) is 0 Å². The molecule has 1 aromatic carbocycles. The molecule has 1 unspecified atom stereocenters. The SMILES string of the molecule is CCOc1ccc(C(O)CC)c(Br)c1. The van der Waals surface area contributed by atoms with E-state index in [0.29, 0.717) is 13.0 Å². The first-order valence-electron chi connectivity index (χ1n) is 4.79. The third-order valence-corrected chi connectivity index (χ3v) is 2.72. The molecule has 0 radical (unpaired) electrons. The van der Waals surface area contributed by atoms with Crippen LogP contribution in [-0.4, -0.2) is 11.7 Å². The van der Waals surface area contributed by atoms with Crippen molar-refractivity contribution in [1.82, 2.24) is 0 Å². The maximum absolute atomic E-state index is 9.66. The van der Waals surface area contributed by atoms with Gasteiger partial charge in [-0.1, -0.05) is 28.9 Å². The van der Waals surface area contributed by atoms with Gasteiger partial charge in [0.2, 0.25) is 0 Å². The molecule has 0 aliphatic carbocycles. The quantitative estimate of drug-likeness (QED) is 0.899. The fraction of sp³-hybridized carbons (Fsp3) is 0.455. The van der Waals surface area contributed by atoms with Gasteiger partial charge in [-0.3, -0.25) is 0 Å². The van der Waals surface area contributed by atoms with E-state index in [1.54, 1.807) is 0 Å². The molecule has 78 valence electrons. The second-order valence-corrected chi connectivity index (χ2v) is 3.89.